The van der Waals surface area contributed by atoms with Crippen molar-refractivity contribution < 1.29 is 23.4 Å². The Balaban J connectivity index is 1.50. The van der Waals surface area contributed by atoms with E-state index >= 15 is 0 Å². The normalized spacial score (nSPS) is 15.8. The van der Waals surface area contributed by atoms with E-state index in [1.165, 1.54) is 24.5 Å². The molecular formula is C24H23FN4O4. The van der Waals surface area contributed by atoms with Crippen LogP contribution in [0.2, 0.25) is 0 Å². The molecule has 1 aliphatic rings. The number of carbonyl (C=O) groups is 1. The van der Waals surface area contributed by atoms with Crippen molar-refractivity contribution in [3.05, 3.63) is 48.0 Å². The average molecular weight is 450 g/mol. The number of likely N-dealkylation sites (tertiary alicyclic amines) is 1. The summed E-state index contributed by atoms with van der Waals surface area (Å²) in [5.41, 5.74) is 0.452. The highest BCUT2D eigenvalue weighted by molar-refractivity contribution is 5.79. The maximum atomic E-state index is 13.7. The minimum absolute atomic E-state index is 0.0821. The fourth-order valence-corrected chi connectivity index (χ4v) is 3.32. The number of hydrogen-bond acceptors (Lipinski definition) is 7. The Morgan fingerprint density at radius 3 is 2.82 bits per heavy atom. The number of amides is 1. The molecule has 0 unspecified atom stereocenters. The summed E-state index contributed by atoms with van der Waals surface area (Å²) < 4.78 is 30.9. The second kappa shape index (κ2) is 8.90. The quantitative estimate of drug-likeness (QED) is 0.547. The van der Waals surface area contributed by atoms with Gasteiger partial charge in [0.1, 0.15) is 29.6 Å². The predicted molar refractivity (Wildman–Crippen MR) is 119 cm³/mol. The summed E-state index contributed by atoms with van der Waals surface area (Å²) in [6, 6.07) is 7.53. The summed E-state index contributed by atoms with van der Waals surface area (Å²) in [7, 11) is 0. The van der Waals surface area contributed by atoms with Gasteiger partial charge in [-0.2, -0.15) is 4.98 Å². The Morgan fingerprint density at radius 2 is 2.06 bits per heavy atom. The van der Waals surface area contributed by atoms with Crippen molar-refractivity contribution in [2.45, 2.75) is 38.9 Å². The molecule has 0 radical (unpaired) electrons. The van der Waals surface area contributed by atoms with E-state index in [0.717, 1.165) is 0 Å². The molecular weight excluding hydrogens is 427 g/mol. The molecule has 3 aromatic rings. The number of pyridine rings is 1. The number of fused-ring (bicyclic) bond motifs is 1. The minimum atomic E-state index is -0.558. The van der Waals surface area contributed by atoms with E-state index in [4.69, 9.17) is 20.6 Å². The maximum absolute atomic E-state index is 13.7. The van der Waals surface area contributed by atoms with Gasteiger partial charge in [-0.25, -0.2) is 19.2 Å². The van der Waals surface area contributed by atoms with Crippen LogP contribution >= 0.6 is 0 Å². The SMILES string of the molecule is C#Cc1cc(Oc2ncnc3ccc(O[C@H]4CCN(C(=O)OC(C)(C)C)C4)nc23)ccc1F. The van der Waals surface area contributed by atoms with Crippen LogP contribution in [0.1, 0.15) is 32.8 Å². The first-order valence-corrected chi connectivity index (χ1v) is 10.4. The molecule has 0 N–H and O–H groups in total. The highest BCUT2D eigenvalue weighted by Gasteiger charge is 2.31. The van der Waals surface area contributed by atoms with Crippen LogP contribution in [0.25, 0.3) is 11.0 Å². The average Bonchev–Trinajstić information content (AvgIpc) is 3.23. The van der Waals surface area contributed by atoms with E-state index in [9.17, 15) is 9.18 Å². The molecule has 0 bridgehead atoms. The number of ether oxygens (including phenoxy) is 3. The van der Waals surface area contributed by atoms with Gasteiger partial charge < -0.3 is 19.1 Å². The van der Waals surface area contributed by atoms with E-state index in [1.54, 1.807) is 17.0 Å². The van der Waals surface area contributed by atoms with Crippen LogP contribution in [0.15, 0.2) is 36.7 Å². The first kappa shape index (κ1) is 22.3. The molecule has 0 aliphatic carbocycles. The summed E-state index contributed by atoms with van der Waals surface area (Å²) in [6.45, 7) is 6.42. The van der Waals surface area contributed by atoms with Gasteiger partial charge in [-0.05, 0) is 45.0 Å². The van der Waals surface area contributed by atoms with E-state index in [2.05, 4.69) is 20.9 Å². The Morgan fingerprint density at radius 1 is 1.24 bits per heavy atom. The molecule has 1 fully saturated rings. The lowest BCUT2D eigenvalue weighted by Crippen LogP contribution is -2.36. The molecule has 3 heterocycles. The Kier molecular flexibility index (Phi) is 6.01. The number of rotatable bonds is 4. The van der Waals surface area contributed by atoms with Gasteiger partial charge in [0.2, 0.25) is 11.8 Å². The molecule has 1 saturated heterocycles. The smallest absolute Gasteiger partial charge is 0.410 e. The highest BCUT2D eigenvalue weighted by atomic mass is 19.1. The predicted octanol–water partition coefficient (Wildman–Crippen LogP) is 4.33. The van der Waals surface area contributed by atoms with Crippen LogP contribution in [0, 0.1) is 18.2 Å². The van der Waals surface area contributed by atoms with Gasteiger partial charge in [-0.3, -0.25) is 0 Å². The van der Waals surface area contributed by atoms with E-state index < -0.39 is 11.4 Å². The first-order valence-electron chi connectivity index (χ1n) is 10.4. The van der Waals surface area contributed by atoms with Crippen molar-refractivity contribution in [1.29, 1.82) is 0 Å². The lowest BCUT2D eigenvalue weighted by molar-refractivity contribution is 0.0275. The lowest BCUT2D eigenvalue weighted by atomic mass is 10.2. The third-order valence-electron chi connectivity index (χ3n) is 4.81. The molecule has 170 valence electrons. The van der Waals surface area contributed by atoms with E-state index in [0.29, 0.717) is 42.2 Å². The first-order chi connectivity index (χ1) is 15.7. The molecule has 1 atom stereocenters. The monoisotopic (exact) mass is 450 g/mol. The van der Waals surface area contributed by atoms with Crippen molar-refractivity contribution in [1.82, 2.24) is 19.9 Å². The molecule has 1 aromatic carbocycles. The molecule has 2 aromatic heterocycles. The zero-order valence-corrected chi connectivity index (χ0v) is 18.5. The summed E-state index contributed by atoms with van der Waals surface area (Å²) in [4.78, 5) is 26.8. The molecule has 8 nitrogen and oxygen atoms in total. The van der Waals surface area contributed by atoms with Crippen LogP contribution in [-0.4, -0.2) is 50.7 Å². The maximum Gasteiger partial charge on any atom is 0.410 e. The lowest BCUT2D eigenvalue weighted by Gasteiger charge is -2.24. The Bertz CT molecular complexity index is 1240. The Labute approximate surface area is 190 Å². The highest BCUT2D eigenvalue weighted by Crippen LogP contribution is 2.28. The second-order valence-electron chi connectivity index (χ2n) is 8.54. The third-order valence-corrected chi connectivity index (χ3v) is 4.81. The molecule has 0 spiro atoms. The topological polar surface area (TPSA) is 86.7 Å². The van der Waals surface area contributed by atoms with Crippen molar-refractivity contribution >= 4 is 17.1 Å². The number of nitrogens with zero attached hydrogens (tertiary/aromatic N) is 4. The van der Waals surface area contributed by atoms with Gasteiger partial charge in [0.05, 0.1) is 17.6 Å². The summed E-state index contributed by atoms with van der Waals surface area (Å²) in [6.07, 6.45) is 6.73. The number of carbonyl (C=O) groups excluding carboxylic acids is 1. The summed E-state index contributed by atoms with van der Waals surface area (Å²) in [5.74, 6) is 2.61. The summed E-state index contributed by atoms with van der Waals surface area (Å²) >= 11 is 0. The molecule has 9 heteroatoms. The van der Waals surface area contributed by atoms with Crippen molar-refractivity contribution in [3.63, 3.8) is 0 Å². The summed E-state index contributed by atoms with van der Waals surface area (Å²) in [5, 5.41) is 0. The Hall–Kier alpha value is -3.93. The van der Waals surface area contributed by atoms with Gasteiger partial charge in [0, 0.05) is 19.0 Å². The molecule has 1 amide bonds. The molecule has 0 saturated carbocycles. The van der Waals surface area contributed by atoms with Crippen LogP contribution in [-0.2, 0) is 4.74 Å². The van der Waals surface area contributed by atoms with Crippen molar-refractivity contribution in [2.75, 3.05) is 13.1 Å². The van der Waals surface area contributed by atoms with Crippen molar-refractivity contribution in [3.8, 4) is 29.9 Å². The third kappa shape index (κ3) is 5.29. The van der Waals surface area contributed by atoms with Gasteiger partial charge in [-0.1, -0.05) is 5.92 Å². The molecule has 4 rings (SSSR count). The van der Waals surface area contributed by atoms with Crippen LogP contribution < -0.4 is 9.47 Å². The van der Waals surface area contributed by atoms with E-state index in [-0.39, 0.29) is 23.6 Å². The minimum Gasteiger partial charge on any atom is -0.472 e. The number of aromatic nitrogens is 3. The van der Waals surface area contributed by atoms with Gasteiger partial charge in [-0.15, -0.1) is 6.42 Å². The van der Waals surface area contributed by atoms with Gasteiger partial charge in [0.15, 0.2) is 5.52 Å². The molecule has 33 heavy (non-hydrogen) atoms. The standard InChI is InChI=1S/C24H23FN4O4/c1-5-15-12-16(6-7-18(15)25)32-22-21-19(26-14-27-22)8-9-20(28-21)31-17-10-11-29(13-17)23(30)33-24(2,3)4/h1,6-9,12,14,17H,10-11,13H2,2-4H3/t17-/m0/s1. The fourth-order valence-electron chi connectivity index (χ4n) is 3.32. The number of terminal acetylenes is 1. The van der Waals surface area contributed by atoms with Crippen LogP contribution in [0.4, 0.5) is 9.18 Å². The van der Waals surface area contributed by atoms with Gasteiger partial charge >= 0.3 is 6.09 Å². The van der Waals surface area contributed by atoms with Crippen LogP contribution in [0.5, 0.6) is 17.5 Å². The second-order valence-corrected chi connectivity index (χ2v) is 8.54. The van der Waals surface area contributed by atoms with Crippen LogP contribution in [0.3, 0.4) is 0 Å². The number of benzene rings is 1. The van der Waals surface area contributed by atoms with Gasteiger partial charge in [0.25, 0.3) is 0 Å². The fraction of sp³-hybridized carbons (Fsp3) is 0.333. The van der Waals surface area contributed by atoms with Crippen molar-refractivity contribution in [2.24, 2.45) is 0 Å². The number of halogens is 1. The zero-order chi connectivity index (χ0) is 23.6. The van der Waals surface area contributed by atoms with E-state index in [1.807, 2.05) is 20.8 Å². The number of hydrogen-bond donors (Lipinski definition) is 0. The molecule has 1 aliphatic heterocycles. The zero-order valence-electron chi connectivity index (χ0n) is 18.5. The largest absolute Gasteiger partial charge is 0.472 e.